The van der Waals surface area contributed by atoms with E-state index in [0.29, 0.717) is 0 Å². The van der Waals surface area contributed by atoms with Crippen LogP contribution in [-0.2, 0) is 0 Å². The van der Waals surface area contributed by atoms with Crippen molar-refractivity contribution in [1.29, 1.82) is 0 Å². The van der Waals surface area contributed by atoms with Crippen LogP contribution in [0.25, 0.3) is 0 Å². The maximum Gasteiger partial charge on any atom is 0.270 e. The molecule has 0 saturated carbocycles. The SMILES string of the molecule is C[C@H](NC(=O)c1cccc([N+](=O)[O-])c1)c1ccccc1. The molecule has 0 unspecified atom stereocenters. The molecule has 0 heterocycles. The molecule has 0 aliphatic heterocycles. The fraction of sp³-hybridized carbons (Fsp3) is 0.133. The van der Waals surface area contributed by atoms with Crippen molar-refractivity contribution in [3.63, 3.8) is 0 Å². The molecule has 0 aliphatic carbocycles. The van der Waals surface area contributed by atoms with E-state index in [1.807, 2.05) is 37.3 Å². The van der Waals surface area contributed by atoms with Crippen molar-refractivity contribution in [2.75, 3.05) is 0 Å². The van der Waals surface area contributed by atoms with Gasteiger partial charge in [-0.25, -0.2) is 0 Å². The van der Waals surface area contributed by atoms with E-state index in [1.165, 1.54) is 18.2 Å². The van der Waals surface area contributed by atoms with Gasteiger partial charge in [-0.15, -0.1) is 0 Å². The zero-order chi connectivity index (χ0) is 14.5. The smallest absolute Gasteiger partial charge is 0.270 e. The lowest BCUT2D eigenvalue weighted by molar-refractivity contribution is -0.384. The molecule has 2 rings (SSSR count). The number of benzene rings is 2. The number of nitro groups is 1. The lowest BCUT2D eigenvalue weighted by Gasteiger charge is -2.14. The Morgan fingerprint density at radius 2 is 1.85 bits per heavy atom. The Morgan fingerprint density at radius 1 is 1.15 bits per heavy atom. The summed E-state index contributed by atoms with van der Waals surface area (Å²) in [5.41, 5.74) is 1.17. The van der Waals surface area contributed by atoms with E-state index < -0.39 is 4.92 Å². The normalized spacial score (nSPS) is 11.7. The molecular formula is C15H14N2O3. The fourth-order valence-corrected chi connectivity index (χ4v) is 1.87. The first-order valence-corrected chi connectivity index (χ1v) is 6.18. The van der Waals surface area contributed by atoms with Crippen molar-refractivity contribution < 1.29 is 9.72 Å². The largest absolute Gasteiger partial charge is 0.346 e. The monoisotopic (exact) mass is 270 g/mol. The van der Waals surface area contributed by atoms with Gasteiger partial charge in [0.25, 0.3) is 11.6 Å². The highest BCUT2D eigenvalue weighted by Gasteiger charge is 2.14. The van der Waals surface area contributed by atoms with Crippen LogP contribution < -0.4 is 5.32 Å². The Labute approximate surface area is 116 Å². The van der Waals surface area contributed by atoms with Gasteiger partial charge in [0.1, 0.15) is 0 Å². The molecule has 1 atom stereocenters. The molecule has 0 saturated heterocycles. The second-order valence-corrected chi connectivity index (χ2v) is 4.41. The number of nitrogens with zero attached hydrogens (tertiary/aromatic N) is 1. The molecule has 1 N–H and O–H groups in total. The molecule has 2 aromatic rings. The van der Waals surface area contributed by atoms with Gasteiger partial charge in [-0.3, -0.25) is 14.9 Å². The lowest BCUT2D eigenvalue weighted by Crippen LogP contribution is -2.26. The third kappa shape index (κ3) is 3.20. The molecule has 2 aromatic carbocycles. The van der Waals surface area contributed by atoms with E-state index in [0.717, 1.165) is 5.56 Å². The average molecular weight is 270 g/mol. The van der Waals surface area contributed by atoms with Gasteiger partial charge in [0.05, 0.1) is 11.0 Å². The molecule has 0 aliphatic rings. The molecular weight excluding hydrogens is 256 g/mol. The molecule has 0 fully saturated rings. The fourth-order valence-electron chi connectivity index (χ4n) is 1.87. The van der Waals surface area contributed by atoms with Gasteiger partial charge in [0, 0.05) is 17.7 Å². The minimum Gasteiger partial charge on any atom is -0.346 e. The molecule has 1 amide bonds. The predicted molar refractivity (Wildman–Crippen MR) is 75.4 cm³/mol. The first-order chi connectivity index (χ1) is 9.58. The number of non-ortho nitro benzene ring substituents is 1. The van der Waals surface area contributed by atoms with Crippen LogP contribution in [0.15, 0.2) is 54.6 Å². The Kier molecular flexibility index (Phi) is 4.10. The van der Waals surface area contributed by atoms with E-state index in [4.69, 9.17) is 0 Å². The summed E-state index contributed by atoms with van der Waals surface area (Å²) < 4.78 is 0. The molecule has 0 spiro atoms. The molecule has 0 bridgehead atoms. The van der Waals surface area contributed by atoms with Gasteiger partial charge in [-0.2, -0.15) is 0 Å². The summed E-state index contributed by atoms with van der Waals surface area (Å²) in [7, 11) is 0. The number of amides is 1. The van der Waals surface area contributed by atoms with Crippen LogP contribution in [0.5, 0.6) is 0 Å². The van der Waals surface area contributed by atoms with Crippen molar-refractivity contribution in [2.24, 2.45) is 0 Å². The summed E-state index contributed by atoms with van der Waals surface area (Å²) in [5.74, 6) is -0.329. The number of nitro benzene ring substituents is 1. The highest BCUT2D eigenvalue weighted by atomic mass is 16.6. The van der Waals surface area contributed by atoms with Crippen LogP contribution in [0.1, 0.15) is 28.9 Å². The van der Waals surface area contributed by atoms with Crippen LogP contribution in [0.3, 0.4) is 0 Å². The van der Waals surface area contributed by atoms with Crippen LogP contribution >= 0.6 is 0 Å². The molecule has 0 radical (unpaired) electrons. The number of hydrogen-bond donors (Lipinski definition) is 1. The van der Waals surface area contributed by atoms with E-state index in [-0.39, 0.29) is 23.2 Å². The van der Waals surface area contributed by atoms with E-state index in [9.17, 15) is 14.9 Å². The summed E-state index contributed by atoms with van der Waals surface area (Å²) in [5, 5.41) is 13.5. The maximum atomic E-state index is 12.1. The highest BCUT2D eigenvalue weighted by Crippen LogP contribution is 2.15. The van der Waals surface area contributed by atoms with Crippen molar-refractivity contribution in [2.45, 2.75) is 13.0 Å². The summed E-state index contributed by atoms with van der Waals surface area (Å²) in [4.78, 5) is 22.2. The van der Waals surface area contributed by atoms with Crippen LogP contribution in [0.4, 0.5) is 5.69 Å². The average Bonchev–Trinajstić information content (AvgIpc) is 2.48. The van der Waals surface area contributed by atoms with Crippen LogP contribution in [-0.4, -0.2) is 10.8 Å². The van der Waals surface area contributed by atoms with E-state index in [1.54, 1.807) is 6.07 Å². The molecule has 20 heavy (non-hydrogen) atoms. The topological polar surface area (TPSA) is 72.2 Å². The van der Waals surface area contributed by atoms with Gasteiger partial charge in [0.2, 0.25) is 0 Å². The van der Waals surface area contributed by atoms with Crippen molar-refractivity contribution in [1.82, 2.24) is 5.32 Å². The van der Waals surface area contributed by atoms with E-state index >= 15 is 0 Å². The van der Waals surface area contributed by atoms with Crippen LogP contribution in [0.2, 0.25) is 0 Å². The standard InChI is InChI=1S/C15H14N2O3/c1-11(12-6-3-2-4-7-12)16-15(18)13-8-5-9-14(10-13)17(19)20/h2-11H,1H3,(H,16,18)/t11-/m0/s1. The minimum absolute atomic E-state index is 0.0926. The number of rotatable bonds is 4. The maximum absolute atomic E-state index is 12.1. The Balaban J connectivity index is 2.12. The van der Waals surface area contributed by atoms with Gasteiger partial charge in [-0.05, 0) is 18.6 Å². The second kappa shape index (κ2) is 5.97. The zero-order valence-electron chi connectivity index (χ0n) is 10.9. The van der Waals surface area contributed by atoms with Crippen LogP contribution in [0, 0.1) is 10.1 Å². The molecule has 0 aromatic heterocycles. The lowest BCUT2D eigenvalue weighted by atomic mass is 10.1. The summed E-state index contributed by atoms with van der Waals surface area (Å²) >= 11 is 0. The predicted octanol–water partition coefficient (Wildman–Crippen LogP) is 3.09. The van der Waals surface area contributed by atoms with Gasteiger partial charge < -0.3 is 5.32 Å². The number of carbonyl (C=O) groups is 1. The van der Waals surface area contributed by atoms with Gasteiger partial charge in [-0.1, -0.05) is 36.4 Å². The number of hydrogen-bond acceptors (Lipinski definition) is 3. The first kappa shape index (κ1) is 13.7. The first-order valence-electron chi connectivity index (χ1n) is 6.18. The Bertz CT molecular complexity index is 626. The number of carbonyl (C=O) groups excluding carboxylic acids is 1. The minimum atomic E-state index is -0.516. The molecule has 5 nitrogen and oxygen atoms in total. The molecule has 102 valence electrons. The zero-order valence-corrected chi connectivity index (χ0v) is 10.9. The third-order valence-electron chi connectivity index (χ3n) is 2.97. The van der Waals surface area contributed by atoms with E-state index in [2.05, 4.69) is 5.32 Å². The molecule has 5 heteroatoms. The van der Waals surface area contributed by atoms with Gasteiger partial charge >= 0.3 is 0 Å². The third-order valence-corrected chi connectivity index (χ3v) is 2.97. The summed E-state index contributed by atoms with van der Waals surface area (Å²) in [6, 6.07) is 15.0. The highest BCUT2D eigenvalue weighted by molar-refractivity contribution is 5.95. The summed E-state index contributed by atoms with van der Waals surface area (Å²) in [6.45, 7) is 1.87. The Hall–Kier alpha value is -2.69. The Morgan fingerprint density at radius 3 is 2.50 bits per heavy atom. The second-order valence-electron chi connectivity index (χ2n) is 4.41. The quantitative estimate of drug-likeness (QED) is 0.685. The van der Waals surface area contributed by atoms with Gasteiger partial charge in [0.15, 0.2) is 0 Å². The van der Waals surface area contributed by atoms with Crippen molar-refractivity contribution in [3.8, 4) is 0 Å². The van der Waals surface area contributed by atoms with Crippen molar-refractivity contribution in [3.05, 3.63) is 75.8 Å². The number of nitrogens with one attached hydrogen (secondary N) is 1. The van der Waals surface area contributed by atoms with Crippen molar-refractivity contribution >= 4 is 11.6 Å². The summed E-state index contributed by atoms with van der Waals surface area (Å²) in [6.07, 6.45) is 0.